The van der Waals surface area contributed by atoms with Crippen molar-refractivity contribution in [1.82, 2.24) is 10.0 Å². The van der Waals surface area contributed by atoms with E-state index in [4.69, 9.17) is 5.73 Å². The number of carbonyl (C=O) groups excluding carboxylic acids is 1. The molecule has 0 fully saturated rings. The van der Waals surface area contributed by atoms with E-state index in [-0.39, 0.29) is 29.1 Å². The van der Waals surface area contributed by atoms with Crippen LogP contribution in [0.25, 0.3) is 0 Å². The highest BCUT2D eigenvalue weighted by Gasteiger charge is 2.30. The summed E-state index contributed by atoms with van der Waals surface area (Å²) in [6.07, 6.45) is 0.156. The minimum absolute atomic E-state index is 0.156. The molecular formula is C15H22N4O3S. The van der Waals surface area contributed by atoms with Gasteiger partial charge in [0.05, 0.1) is 10.9 Å². The van der Waals surface area contributed by atoms with Crippen LogP contribution >= 0.6 is 0 Å². The predicted octanol–water partition coefficient (Wildman–Crippen LogP) is 0.357. The highest BCUT2D eigenvalue weighted by molar-refractivity contribution is 7.90. The van der Waals surface area contributed by atoms with E-state index < -0.39 is 15.6 Å². The SMILES string of the molecule is CC(CC(=O)NCC(C)(C)N)N=C1NS(=O)(=O)c2ccccc21. The number of amidine groups is 1. The average molecular weight is 338 g/mol. The van der Waals surface area contributed by atoms with Gasteiger partial charge in [-0.05, 0) is 32.9 Å². The molecule has 0 aliphatic carbocycles. The molecule has 0 radical (unpaired) electrons. The summed E-state index contributed by atoms with van der Waals surface area (Å²) in [7, 11) is -3.56. The molecule has 0 bridgehead atoms. The molecule has 1 heterocycles. The molecule has 8 heteroatoms. The van der Waals surface area contributed by atoms with Gasteiger partial charge in [0.15, 0.2) is 0 Å². The Morgan fingerprint density at radius 3 is 2.70 bits per heavy atom. The second-order valence-electron chi connectivity index (χ2n) is 6.40. The summed E-state index contributed by atoms with van der Waals surface area (Å²) in [4.78, 5) is 16.4. The number of aliphatic imine (C=N–C) groups is 1. The summed E-state index contributed by atoms with van der Waals surface area (Å²) in [5, 5.41) is 2.74. The second kappa shape index (κ2) is 6.29. The Labute approximate surface area is 136 Å². The molecule has 0 spiro atoms. The van der Waals surface area contributed by atoms with Gasteiger partial charge < -0.3 is 11.1 Å². The average Bonchev–Trinajstić information content (AvgIpc) is 2.68. The third kappa shape index (κ3) is 4.52. The Balaban J connectivity index is 2.07. The largest absolute Gasteiger partial charge is 0.354 e. The number of fused-ring (bicyclic) bond motifs is 1. The van der Waals surface area contributed by atoms with Gasteiger partial charge in [-0.2, -0.15) is 0 Å². The van der Waals surface area contributed by atoms with Gasteiger partial charge in [-0.3, -0.25) is 14.5 Å². The van der Waals surface area contributed by atoms with Gasteiger partial charge in [0, 0.05) is 24.1 Å². The fraction of sp³-hybridized carbons (Fsp3) is 0.467. The van der Waals surface area contributed by atoms with Crippen molar-refractivity contribution in [2.75, 3.05) is 6.54 Å². The van der Waals surface area contributed by atoms with E-state index in [1.807, 2.05) is 13.8 Å². The number of hydrogen-bond donors (Lipinski definition) is 3. The molecule has 23 heavy (non-hydrogen) atoms. The van der Waals surface area contributed by atoms with Gasteiger partial charge in [-0.25, -0.2) is 8.42 Å². The first kappa shape index (κ1) is 17.4. The second-order valence-corrected chi connectivity index (χ2v) is 8.05. The van der Waals surface area contributed by atoms with Crippen LogP contribution in [-0.4, -0.2) is 38.3 Å². The normalized spacial score (nSPS) is 19.0. The Hall–Kier alpha value is -1.93. The maximum absolute atomic E-state index is 12.0. The van der Waals surface area contributed by atoms with Crippen LogP contribution in [-0.2, 0) is 14.8 Å². The molecule has 4 N–H and O–H groups in total. The fourth-order valence-corrected chi connectivity index (χ4v) is 3.40. The molecule has 126 valence electrons. The van der Waals surface area contributed by atoms with Crippen LogP contribution in [0.15, 0.2) is 34.2 Å². The van der Waals surface area contributed by atoms with Gasteiger partial charge in [0.25, 0.3) is 10.0 Å². The number of nitrogens with two attached hydrogens (primary N) is 1. The molecule has 1 amide bonds. The Kier molecular flexibility index (Phi) is 4.76. The maximum atomic E-state index is 12.0. The third-order valence-electron chi connectivity index (χ3n) is 3.23. The van der Waals surface area contributed by atoms with Crippen molar-refractivity contribution in [2.45, 2.75) is 43.7 Å². The number of rotatable bonds is 5. The molecule has 1 aliphatic rings. The van der Waals surface area contributed by atoms with Crippen molar-refractivity contribution in [2.24, 2.45) is 10.7 Å². The van der Waals surface area contributed by atoms with E-state index in [0.717, 1.165) is 0 Å². The van der Waals surface area contributed by atoms with Crippen LogP contribution < -0.4 is 15.8 Å². The van der Waals surface area contributed by atoms with Crippen LogP contribution in [0.3, 0.4) is 0 Å². The van der Waals surface area contributed by atoms with E-state index in [2.05, 4.69) is 15.0 Å². The van der Waals surface area contributed by atoms with Gasteiger partial charge in [-0.15, -0.1) is 0 Å². The molecule has 1 unspecified atom stereocenters. The van der Waals surface area contributed by atoms with Gasteiger partial charge in [0.1, 0.15) is 5.84 Å². The molecule has 1 aromatic carbocycles. The Morgan fingerprint density at radius 1 is 1.39 bits per heavy atom. The van der Waals surface area contributed by atoms with E-state index in [0.29, 0.717) is 12.1 Å². The number of benzene rings is 1. The van der Waals surface area contributed by atoms with Crippen molar-refractivity contribution in [1.29, 1.82) is 0 Å². The number of nitrogens with one attached hydrogen (secondary N) is 2. The van der Waals surface area contributed by atoms with E-state index in [1.54, 1.807) is 25.1 Å². The number of nitrogens with zero attached hydrogens (tertiary/aromatic N) is 1. The minimum atomic E-state index is -3.56. The zero-order chi connectivity index (χ0) is 17.3. The quantitative estimate of drug-likeness (QED) is 0.719. The molecule has 0 saturated heterocycles. The van der Waals surface area contributed by atoms with Crippen molar-refractivity contribution < 1.29 is 13.2 Å². The maximum Gasteiger partial charge on any atom is 0.263 e. The lowest BCUT2D eigenvalue weighted by Gasteiger charge is -2.19. The third-order valence-corrected chi connectivity index (χ3v) is 4.63. The lowest BCUT2D eigenvalue weighted by Crippen LogP contribution is -2.45. The topological polar surface area (TPSA) is 114 Å². The summed E-state index contributed by atoms with van der Waals surface area (Å²) in [6.45, 7) is 5.77. The lowest BCUT2D eigenvalue weighted by atomic mass is 10.1. The number of carbonyl (C=O) groups is 1. The fourth-order valence-electron chi connectivity index (χ4n) is 2.16. The summed E-state index contributed by atoms with van der Waals surface area (Å²) in [5.41, 5.74) is 5.86. The van der Waals surface area contributed by atoms with E-state index >= 15 is 0 Å². The number of sulfonamides is 1. The molecule has 1 atom stereocenters. The van der Waals surface area contributed by atoms with Crippen LogP contribution in [0.1, 0.15) is 32.8 Å². The van der Waals surface area contributed by atoms with Gasteiger partial charge in [0.2, 0.25) is 5.91 Å². The first-order valence-corrected chi connectivity index (χ1v) is 8.82. The van der Waals surface area contributed by atoms with Crippen LogP contribution in [0.4, 0.5) is 0 Å². The molecule has 2 rings (SSSR count). The van der Waals surface area contributed by atoms with E-state index in [9.17, 15) is 13.2 Å². The minimum Gasteiger partial charge on any atom is -0.354 e. The Morgan fingerprint density at radius 2 is 2.04 bits per heavy atom. The first-order chi connectivity index (χ1) is 10.6. The molecule has 1 aliphatic heterocycles. The molecule has 1 aromatic rings. The standard InChI is InChI=1S/C15H22N4O3S/c1-10(8-13(20)17-9-15(2,3)16)18-14-11-6-4-5-7-12(11)23(21,22)19-14/h4-7,10H,8-9,16H2,1-3H3,(H,17,20)(H,18,19). The molecule has 7 nitrogen and oxygen atoms in total. The molecule has 0 saturated carbocycles. The predicted molar refractivity (Wildman–Crippen MR) is 88.7 cm³/mol. The summed E-state index contributed by atoms with van der Waals surface area (Å²) in [6, 6.07) is 6.26. The highest BCUT2D eigenvalue weighted by Crippen LogP contribution is 2.22. The zero-order valence-corrected chi connectivity index (χ0v) is 14.3. The first-order valence-electron chi connectivity index (χ1n) is 7.34. The van der Waals surface area contributed by atoms with E-state index in [1.165, 1.54) is 6.07 Å². The number of hydrogen-bond acceptors (Lipinski definition) is 5. The van der Waals surface area contributed by atoms with Crippen LogP contribution in [0, 0.1) is 0 Å². The summed E-state index contributed by atoms with van der Waals surface area (Å²) in [5.74, 6) is 0.106. The smallest absolute Gasteiger partial charge is 0.263 e. The van der Waals surface area contributed by atoms with Gasteiger partial charge >= 0.3 is 0 Å². The monoisotopic (exact) mass is 338 g/mol. The van der Waals surface area contributed by atoms with Crippen LogP contribution in [0.5, 0.6) is 0 Å². The van der Waals surface area contributed by atoms with Crippen LogP contribution in [0.2, 0.25) is 0 Å². The Bertz CT molecular complexity index is 735. The van der Waals surface area contributed by atoms with Crippen molar-refractivity contribution >= 4 is 21.8 Å². The molecular weight excluding hydrogens is 316 g/mol. The van der Waals surface area contributed by atoms with Crippen molar-refractivity contribution in [3.05, 3.63) is 29.8 Å². The van der Waals surface area contributed by atoms with Crippen molar-refractivity contribution in [3.8, 4) is 0 Å². The highest BCUT2D eigenvalue weighted by atomic mass is 32.2. The van der Waals surface area contributed by atoms with Gasteiger partial charge in [-0.1, -0.05) is 12.1 Å². The summed E-state index contributed by atoms with van der Waals surface area (Å²) >= 11 is 0. The zero-order valence-electron chi connectivity index (χ0n) is 13.5. The summed E-state index contributed by atoms with van der Waals surface area (Å²) < 4.78 is 26.4. The van der Waals surface area contributed by atoms with Crippen molar-refractivity contribution in [3.63, 3.8) is 0 Å². The molecule has 0 aromatic heterocycles. The lowest BCUT2D eigenvalue weighted by molar-refractivity contribution is -0.121. The number of amides is 1.